The van der Waals surface area contributed by atoms with Crippen molar-refractivity contribution < 1.29 is 0 Å². The van der Waals surface area contributed by atoms with E-state index in [1.807, 2.05) is 60.8 Å². The second kappa shape index (κ2) is 5.45. The lowest BCUT2D eigenvalue weighted by Crippen LogP contribution is -1.88. The third-order valence-electron chi connectivity index (χ3n) is 3.99. The van der Waals surface area contributed by atoms with Crippen molar-refractivity contribution in [2.45, 2.75) is 0 Å². The summed E-state index contributed by atoms with van der Waals surface area (Å²) in [5.41, 5.74) is 3.24. The molecule has 0 aliphatic heterocycles. The molecule has 118 valence electrons. The van der Waals surface area contributed by atoms with Crippen molar-refractivity contribution >= 4 is 39.7 Å². The Kier molecular flexibility index (Phi) is 3.00. The Bertz CT molecular complexity index is 1250. The zero-order valence-electron chi connectivity index (χ0n) is 13.1. The quantitative estimate of drug-likeness (QED) is 0.498. The van der Waals surface area contributed by atoms with Crippen LogP contribution in [0.1, 0.15) is 11.5 Å². The molecule has 0 aromatic carbocycles. The van der Waals surface area contributed by atoms with Crippen LogP contribution in [0.15, 0.2) is 61.1 Å². The first kappa shape index (κ1) is 13.7. The monoisotopic (exact) mass is 324 g/mol. The highest BCUT2D eigenvalue weighted by Crippen LogP contribution is 2.17. The molecule has 0 spiro atoms. The van der Waals surface area contributed by atoms with Gasteiger partial charge in [-0.15, -0.1) is 5.10 Å². The van der Waals surface area contributed by atoms with Gasteiger partial charge in [0.15, 0.2) is 17.1 Å². The molecule has 0 aliphatic rings. The summed E-state index contributed by atoms with van der Waals surface area (Å²) in [6.45, 7) is 0. The van der Waals surface area contributed by atoms with Gasteiger partial charge in [-0.25, -0.2) is 19.5 Å². The molecule has 5 rings (SSSR count). The van der Waals surface area contributed by atoms with Crippen molar-refractivity contribution in [1.82, 2.24) is 29.5 Å². The molecule has 5 heterocycles. The number of fused-ring (bicyclic) bond motifs is 4. The first-order valence-corrected chi connectivity index (χ1v) is 7.87. The molecular weight excluding hydrogens is 312 g/mol. The fourth-order valence-corrected chi connectivity index (χ4v) is 2.80. The molecule has 0 unspecified atom stereocenters. The Morgan fingerprint density at radius 2 is 1.76 bits per heavy atom. The van der Waals surface area contributed by atoms with E-state index in [0.717, 1.165) is 33.3 Å². The zero-order valence-corrected chi connectivity index (χ0v) is 13.1. The second-order valence-corrected chi connectivity index (χ2v) is 5.61. The zero-order chi connectivity index (χ0) is 16.6. The SMILES string of the molecule is C(=Cc1nc2c3cccnc3ccn2n1)c1ccc2cccnc2n1. The maximum Gasteiger partial charge on any atom is 0.175 e. The average Bonchev–Trinajstić information content (AvgIpc) is 3.10. The molecule has 0 N–H and O–H groups in total. The third kappa shape index (κ3) is 2.40. The predicted octanol–water partition coefficient (Wildman–Crippen LogP) is 3.39. The van der Waals surface area contributed by atoms with E-state index < -0.39 is 0 Å². The number of hydrogen-bond acceptors (Lipinski definition) is 5. The van der Waals surface area contributed by atoms with Crippen LogP contribution in [0.5, 0.6) is 0 Å². The van der Waals surface area contributed by atoms with Gasteiger partial charge < -0.3 is 0 Å². The number of nitrogens with zero attached hydrogens (tertiary/aromatic N) is 6. The van der Waals surface area contributed by atoms with E-state index in [4.69, 9.17) is 0 Å². The molecule has 0 saturated carbocycles. The summed E-state index contributed by atoms with van der Waals surface area (Å²) in [7, 11) is 0. The standard InChI is InChI=1S/C19H12N6/c1-3-13-5-6-14(22-18(13)21-11-1)7-8-17-23-19-15-4-2-10-20-16(15)9-12-25(19)24-17/h1-12H. The Morgan fingerprint density at radius 1 is 0.840 bits per heavy atom. The highest BCUT2D eigenvalue weighted by atomic mass is 15.3. The number of pyridine rings is 4. The molecule has 0 aliphatic carbocycles. The number of aromatic nitrogens is 6. The van der Waals surface area contributed by atoms with Crippen LogP contribution in [0.4, 0.5) is 0 Å². The van der Waals surface area contributed by atoms with E-state index in [2.05, 4.69) is 25.0 Å². The molecule has 5 aromatic rings. The number of rotatable bonds is 2. The molecule has 0 amide bonds. The van der Waals surface area contributed by atoms with Crippen molar-refractivity contribution in [3.8, 4) is 0 Å². The van der Waals surface area contributed by atoms with Crippen LogP contribution in [0, 0.1) is 0 Å². The molecular formula is C19H12N6. The summed E-state index contributed by atoms with van der Waals surface area (Å²) in [5, 5.41) is 6.48. The van der Waals surface area contributed by atoms with Crippen LogP contribution in [0.25, 0.3) is 39.7 Å². The first-order valence-electron chi connectivity index (χ1n) is 7.87. The maximum absolute atomic E-state index is 4.60. The van der Waals surface area contributed by atoms with Gasteiger partial charge in [-0.2, -0.15) is 0 Å². The summed E-state index contributed by atoms with van der Waals surface area (Å²) >= 11 is 0. The molecule has 0 saturated heterocycles. The smallest absolute Gasteiger partial charge is 0.175 e. The molecule has 6 nitrogen and oxygen atoms in total. The van der Waals surface area contributed by atoms with Crippen LogP contribution < -0.4 is 0 Å². The molecule has 0 atom stereocenters. The topological polar surface area (TPSA) is 68.9 Å². The van der Waals surface area contributed by atoms with Gasteiger partial charge >= 0.3 is 0 Å². The Labute approximate surface area is 142 Å². The maximum atomic E-state index is 4.60. The Balaban J connectivity index is 1.56. The van der Waals surface area contributed by atoms with Crippen LogP contribution >= 0.6 is 0 Å². The van der Waals surface area contributed by atoms with Gasteiger partial charge in [-0.05, 0) is 54.6 Å². The van der Waals surface area contributed by atoms with Gasteiger partial charge in [0.05, 0.1) is 11.2 Å². The third-order valence-corrected chi connectivity index (χ3v) is 3.99. The lowest BCUT2D eigenvalue weighted by molar-refractivity contribution is 0.958. The van der Waals surface area contributed by atoms with Crippen molar-refractivity contribution in [2.24, 2.45) is 0 Å². The largest absolute Gasteiger partial charge is 0.256 e. The van der Waals surface area contributed by atoms with E-state index in [0.29, 0.717) is 5.82 Å². The Morgan fingerprint density at radius 3 is 2.76 bits per heavy atom. The van der Waals surface area contributed by atoms with E-state index in [9.17, 15) is 0 Å². The van der Waals surface area contributed by atoms with Crippen molar-refractivity contribution in [1.29, 1.82) is 0 Å². The van der Waals surface area contributed by atoms with Gasteiger partial charge in [0.2, 0.25) is 0 Å². The van der Waals surface area contributed by atoms with Gasteiger partial charge in [-0.3, -0.25) is 4.98 Å². The summed E-state index contributed by atoms with van der Waals surface area (Å²) < 4.78 is 1.76. The minimum absolute atomic E-state index is 0.624. The lowest BCUT2D eigenvalue weighted by Gasteiger charge is -1.96. The summed E-state index contributed by atoms with van der Waals surface area (Å²) in [6, 6.07) is 13.7. The molecule has 0 fully saturated rings. The van der Waals surface area contributed by atoms with Gasteiger partial charge in [-0.1, -0.05) is 0 Å². The molecule has 6 heteroatoms. The minimum Gasteiger partial charge on any atom is -0.256 e. The highest BCUT2D eigenvalue weighted by Gasteiger charge is 2.06. The van der Waals surface area contributed by atoms with Crippen LogP contribution in [0.2, 0.25) is 0 Å². The Hall–Kier alpha value is -3.67. The molecule has 25 heavy (non-hydrogen) atoms. The van der Waals surface area contributed by atoms with Crippen LogP contribution in [-0.4, -0.2) is 29.5 Å². The van der Waals surface area contributed by atoms with Gasteiger partial charge in [0.25, 0.3) is 0 Å². The first-order chi connectivity index (χ1) is 12.4. The summed E-state index contributed by atoms with van der Waals surface area (Å²) in [4.78, 5) is 17.7. The minimum atomic E-state index is 0.624. The highest BCUT2D eigenvalue weighted by molar-refractivity contribution is 5.91. The van der Waals surface area contributed by atoms with Gasteiger partial charge in [0.1, 0.15) is 0 Å². The lowest BCUT2D eigenvalue weighted by atomic mass is 10.2. The van der Waals surface area contributed by atoms with E-state index in [1.54, 1.807) is 16.9 Å². The normalized spacial score (nSPS) is 11.8. The fourth-order valence-electron chi connectivity index (χ4n) is 2.80. The van der Waals surface area contributed by atoms with Crippen LogP contribution in [-0.2, 0) is 0 Å². The van der Waals surface area contributed by atoms with E-state index >= 15 is 0 Å². The summed E-state index contributed by atoms with van der Waals surface area (Å²) in [5.74, 6) is 0.624. The fraction of sp³-hybridized carbons (Fsp3) is 0. The van der Waals surface area contributed by atoms with E-state index in [-0.39, 0.29) is 0 Å². The molecule has 0 radical (unpaired) electrons. The van der Waals surface area contributed by atoms with E-state index in [1.165, 1.54) is 0 Å². The van der Waals surface area contributed by atoms with Crippen molar-refractivity contribution in [3.05, 3.63) is 72.6 Å². The average molecular weight is 324 g/mol. The number of hydrogen-bond donors (Lipinski definition) is 0. The van der Waals surface area contributed by atoms with Crippen LogP contribution in [0.3, 0.4) is 0 Å². The molecule has 5 aromatic heterocycles. The second-order valence-electron chi connectivity index (χ2n) is 5.61. The van der Waals surface area contributed by atoms with Crippen molar-refractivity contribution in [2.75, 3.05) is 0 Å². The van der Waals surface area contributed by atoms with Gasteiger partial charge in [0, 0.05) is 29.4 Å². The molecule has 0 bridgehead atoms. The van der Waals surface area contributed by atoms with Crippen molar-refractivity contribution in [3.63, 3.8) is 0 Å². The predicted molar refractivity (Wildman–Crippen MR) is 96.8 cm³/mol. The summed E-state index contributed by atoms with van der Waals surface area (Å²) in [6.07, 6.45) is 9.13.